The molecule has 0 unspecified atom stereocenters. The van der Waals surface area contributed by atoms with Gasteiger partial charge in [-0.05, 0) is 47.9 Å². The standard InChI is InChI=1S/C41H42N18O3/c1-60-29-6-2-5-24-21-56(13-9-26(24)29)16-12-47-37-32(39-51-36(31-8-4-18-62-31)54-58(39)40(44)52-37)33(43)49-41-53-34(46-11-15-57-14-10-28-25(22-57)20-45-23-48-28)27(19-42)38-50-35(55-59(38)41)30-7-3-17-61-30/h2-8,17-20,23,42,46-47H,9-16,21-22H2,1H3,(H2,44,52)(H2,43,49,53)/p+1. The number of hydrogen-bond donors (Lipinski definition) is 5. The van der Waals surface area contributed by atoms with Gasteiger partial charge in [0.05, 0.1) is 19.6 Å². The van der Waals surface area contributed by atoms with E-state index >= 15 is 0 Å². The van der Waals surface area contributed by atoms with Crippen LogP contribution in [0.25, 0.3) is 34.5 Å². The van der Waals surface area contributed by atoms with Gasteiger partial charge >= 0.3 is 0 Å². The molecule has 0 amide bonds. The highest BCUT2D eigenvalue weighted by molar-refractivity contribution is 6.08. The second-order valence-electron chi connectivity index (χ2n) is 14.8. The summed E-state index contributed by atoms with van der Waals surface area (Å²) in [4.78, 5) is 37.6. The predicted octanol–water partition coefficient (Wildman–Crippen LogP) is 1.62. The van der Waals surface area contributed by atoms with Gasteiger partial charge in [-0.3, -0.25) is 15.2 Å². The molecule has 2 aliphatic heterocycles. The molecule has 0 bridgehead atoms. The molecule has 0 atom stereocenters. The number of aliphatic imine (C=N–C) groups is 1. The van der Waals surface area contributed by atoms with E-state index in [9.17, 15) is 0 Å². The van der Waals surface area contributed by atoms with Gasteiger partial charge in [0, 0.05) is 76.2 Å². The van der Waals surface area contributed by atoms with E-state index in [2.05, 4.69) is 41.6 Å². The number of amidine groups is 1. The molecule has 0 saturated carbocycles. The number of nitrogens with zero attached hydrogens (tertiary/aromatic N) is 13. The van der Waals surface area contributed by atoms with Crippen LogP contribution in [0.15, 0.2) is 81.3 Å². The minimum Gasteiger partial charge on any atom is -0.496 e. The fourth-order valence-corrected chi connectivity index (χ4v) is 8.00. The average molecular weight is 836 g/mol. The highest BCUT2D eigenvalue weighted by Crippen LogP contribution is 2.30. The number of nitrogens with two attached hydrogens (primary N) is 3. The van der Waals surface area contributed by atoms with Gasteiger partial charge in [-0.1, -0.05) is 12.1 Å². The van der Waals surface area contributed by atoms with Crippen molar-refractivity contribution in [3.63, 3.8) is 0 Å². The number of hydrogen-bond acceptors (Lipinski definition) is 17. The Morgan fingerprint density at radius 2 is 1.56 bits per heavy atom. The molecule has 0 fully saturated rings. The van der Waals surface area contributed by atoms with Crippen LogP contribution in [0.1, 0.15) is 33.5 Å². The first kappa shape index (κ1) is 38.4. The Hall–Kier alpha value is -7.78. The van der Waals surface area contributed by atoms with Crippen molar-refractivity contribution in [1.82, 2.24) is 58.9 Å². The molecule has 9 heterocycles. The highest BCUT2D eigenvalue weighted by Gasteiger charge is 2.26. The summed E-state index contributed by atoms with van der Waals surface area (Å²) in [6, 6.07) is 13.2. The highest BCUT2D eigenvalue weighted by atomic mass is 16.5. The van der Waals surface area contributed by atoms with E-state index in [0.29, 0.717) is 77.6 Å². The van der Waals surface area contributed by atoms with Gasteiger partial charge < -0.3 is 35.7 Å². The molecule has 0 radical (unpaired) electrons. The maximum atomic E-state index is 7.03. The Morgan fingerprint density at radius 1 is 0.855 bits per heavy atom. The lowest BCUT2D eigenvalue weighted by atomic mass is 9.99. The fraction of sp³-hybridized carbons (Fsp3) is 0.268. The van der Waals surface area contributed by atoms with E-state index in [1.54, 1.807) is 50.2 Å². The van der Waals surface area contributed by atoms with Crippen LogP contribution in [0, 0.1) is 0 Å². The molecule has 8 N–H and O–H groups in total. The lowest BCUT2D eigenvalue weighted by molar-refractivity contribution is -0.104. The average Bonchev–Trinajstić information content (AvgIpc) is 4.14. The summed E-state index contributed by atoms with van der Waals surface area (Å²) in [7, 11) is 1.71. The number of methoxy groups -OCH3 is 1. The lowest BCUT2D eigenvalue weighted by Crippen LogP contribution is -2.35. The molecule has 7 aromatic heterocycles. The van der Waals surface area contributed by atoms with Gasteiger partial charge in [0.25, 0.3) is 5.95 Å². The van der Waals surface area contributed by atoms with Crippen LogP contribution in [-0.4, -0.2) is 117 Å². The molecule has 314 valence electrons. The number of furan rings is 2. The quantitative estimate of drug-likeness (QED) is 0.0769. The van der Waals surface area contributed by atoms with Crippen LogP contribution < -0.4 is 32.2 Å². The smallest absolute Gasteiger partial charge is 0.256 e. The number of rotatable bonds is 14. The summed E-state index contributed by atoms with van der Waals surface area (Å²) in [6.45, 7) is 5.70. The van der Waals surface area contributed by atoms with Crippen molar-refractivity contribution >= 4 is 46.9 Å². The van der Waals surface area contributed by atoms with Crippen LogP contribution in [0.2, 0.25) is 0 Å². The Morgan fingerprint density at radius 3 is 2.29 bits per heavy atom. The Balaban J connectivity index is 1.00. The Labute approximate surface area is 353 Å². The SMILES string of the molecule is COc1cccc2c1CCN(CCNc1nc(N)n3nc(-c4ccco4)nc3c1/C(N)=N/c1nc(NCCN3CCc4ncncc4C3)c(C=[NH2+])c3nc(-c4ccco4)nn13)C2. The van der Waals surface area contributed by atoms with E-state index < -0.39 is 0 Å². The predicted molar refractivity (Wildman–Crippen MR) is 229 cm³/mol. The minimum absolute atomic E-state index is 0.0101. The van der Waals surface area contributed by atoms with E-state index in [1.165, 1.54) is 26.4 Å². The van der Waals surface area contributed by atoms with Crippen LogP contribution >= 0.6 is 0 Å². The summed E-state index contributed by atoms with van der Waals surface area (Å²) in [6.07, 6.45) is 9.73. The number of nitrogen functional groups attached to an aromatic ring is 1. The molecule has 0 saturated heterocycles. The van der Waals surface area contributed by atoms with Crippen molar-refractivity contribution in [3.8, 4) is 28.9 Å². The lowest BCUT2D eigenvalue weighted by Gasteiger charge is -2.29. The second-order valence-corrected chi connectivity index (χ2v) is 14.8. The zero-order chi connectivity index (χ0) is 42.2. The molecule has 8 aromatic rings. The van der Waals surface area contributed by atoms with Gasteiger partial charge in [-0.15, -0.1) is 10.2 Å². The third kappa shape index (κ3) is 7.28. The van der Waals surface area contributed by atoms with E-state index in [-0.39, 0.29) is 23.6 Å². The summed E-state index contributed by atoms with van der Waals surface area (Å²) >= 11 is 0. The largest absolute Gasteiger partial charge is 0.496 e. The number of aromatic nitrogens is 10. The van der Waals surface area contributed by atoms with E-state index in [4.69, 9.17) is 60.5 Å². The van der Waals surface area contributed by atoms with Gasteiger partial charge in [-0.2, -0.15) is 24.0 Å². The number of ether oxygens (including phenoxy) is 1. The molecule has 0 aliphatic carbocycles. The maximum absolute atomic E-state index is 7.03. The molecule has 1 aromatic carbocycles. The van der Waals surface area contributed by atoms with E-state index in [0.717, 1.165) is 56.0 Å². The van der Waals surface area contributed by atoms with E-state index in [1.807, 2.05) is 18.3 Å². The summed E-state index contributed by atoms with van der Waals surface area (Å²) in [5, 5.41) is 22.6. The summed E-state index contributed by atoms with van der Waals surface area (Å²) in [5.41, 5.74) is 19.8. The number of benzene rings is 1. The zero-order valence-electron chi connectivity index (χ0n) is 33.8. The van der Waals surface area contributed by atoms with Gasteiger partial charge in [0.2, 0.25) is 17.6 Å². The Kier molecular flexibility index (Phi) is 10.1. The molecule has 10 rings (SSSR count). The first-order valence-electron chi connectivity index (χ1n) is 20.1. The number of anilines is 3. The number of nitrogens with one attached hydrogen (secondary N) is 2. The van der Waals surface area contributed by atoms with Crippen LogP contribution in [0.5, 0.6) is 5.75 Å². The van der Waals surface area contributed by atoms with Crippen LogP contribution in [0.4, 0.5) is 23.5 Å². The monoisotopic (exact) mass is 835 g/mol. The zero-order valence-corrected chi connectivity index (χ0v) is 33.8. The first-order valence-corrected chi connectivity index (χ1v) is 20.1. The van der Waals surface area contributed by atoms with Crippen LogP contribution in [-0.2, 0) is 25.9 Å². The number of fused-ring (bicyclic) bond motifs is 4. The molecule has 21 nitrogen and oxygen atoms in total. The second kappa shape index (κ2) is 16.3. The molecule has 21 heteroatoms. The summed E-state index contributed by atoms with van der Waals surface area (Å²) in [5.74, 6) is 3.40. The van der Waals surface area contributed by atoms with Gasteiger partial charge in [0.1, 0.15) is 40.7 Å². The Bertz CT molecular complexity index is 2940. The summed E-state index contributed by atoms with van der Waals surface area (Å²) < 4.78 is 19.8. The van der Waals surface area contributed by atoms with Crippen molar-refractivity contribution < 1.29 is 19.0 Å². The van der Waals surface area contributed by atoms with Gasteiger partial charge in [0.15, 0.2) is 29.0 Å². The topological polar surface area (TPSA) is 268 Å². The van der Waals surface area contributed by atoms with Gasteiger partial charge in [-0.25, -0.2) is 19.9 Å². The van der Waals surface area contributed by atoms with Crippen molar-refractivity contribution in [1.29, 1.82) is 0 Å². The molecule has 0 spiro atoms. The minimum atomic E-state index is 0.0101. The normalized spacial score (nSPS) is 14.6. The van der Waals surface area contributed by atoms with Crippen molar-refractivity contribution in [2.45, 2.75) is 25.9 Å². The third-order valence-corrected chi connectivity index (χ3v) is 11.0. The van der Waals surface area contributed by atoms with Crippen LogP contribution in [0.3, 0.4) is 0 Å². The fourth-order valence-electron chi connectivity index (χ4n) is 8.00. The van der Waals surface area contributed by atoms with Crippen molar-refractivity contribution in [2.75, 3.05) is 62.7 Å². The third-order valence-electron chi connectivity index (χ3n) is 11.0. The molecular formula is C41H43N18O3+. The molecular weight excluding hydrogens is 793 g/mol. The molecule has 2 aliphatic rings. The van der Waals surface area contributed by atoms with Crippen molar-refractivity contribution in [3.05, 3.63) is 101 Å². The molecule has 62 heavy (non-hydrogen) atoms. The maximum Gasteiger partial charge on any atom is 0.256 e. The van der Waals surface area contributed by atoms with Crippen molar-refractivity contribution in [2.24, 2.45) is 10.7 Å². The first-order chi connectivity index (χ1) is 30.4.